The number of β-amino-alcohol motifs (C(OH)–C–C–N with tert-alkyl or cyclic N) is 1. The first-order valence-corrected chi connectivity index (χ1v) is 8.07. The number of carbonyl (C=O) groups is 2. The van der Waals surface area contributed by atoms with Gasteiger partial charge in [-0.2, -0.15) is 0 Å². The third-order valence-electron chi connectivity index (χ3n) is 3.31. The number of urea groups is 1. The molecule has 1 fully saturated rings. The van der Waals surface area contributed by atoms with Crippen molar-refractivity contribution in [1.82, 2.24) is 4.90 Å². The van der Waals surface area contributed by atoms with Crippen molar-refractivity contribution in [1.29, 1.82) is 0 Å². The fourth-order valence-corrected chi connectivity index (χ4v) is 2.41. The van der Waals surface area contributed by atoms with Gasteiger partial charge in [0.1, 0.15) is 0 Å². The van der Waals surface area contributed by atoms with Crippen LogP contribution in [0.5, 0.6) is 0 Å². The van der Waals surface area contributed by atoms with Crippen LogP contribution in [0.3, 0.4) is 0 Å². The number of esters is 1. The molecule has 0 radical (unpaired) electrons. The van der Waals surface area contributed by atoms with Crippen molar-refractivity contribution in [3.63, 3.8) is 0 Å². The van der Waals surface area contributed by atoms with Gasteiger partial charge in [-0.15, -0.1) is 0 Å². The molecule has 0 spiro atoms. The molecule has 1 saturated heterocycles. The second-order valence-electron chi connectivity index (χ2n) is 5.75. The zero-order chi connectivity index (χ0) is 17.7. The van der Waals surface area contributed by atoms with Crippen molar-refractivity contribution in [2.75, 3.05) is 31.6 Å². The maximum Gasteiger partial charge on any atom is 0.339 e. The van der Waals surface area contributed by atoms with E-state index in [9.17, 15) is 14.7 Å². The van der Waals surface area contributed by atoms with Gasteiger partial charge in [0.25, 0.3) is 0 Å². The van der Waals surface area contributed by atoms with Crippen LogP contribution in [-0.2, 0) is 9.47 Å². The van der Waals surface area contributed by atoms with E-state index in [0.717, 1.165) is 0 Å². The second kappa shape index (κ2) is 8.32. The highest BCUT2D eigenvalue weighted by molar-refractivity contribution is 6.33. The zero-order valence-electron chi connectivity index (χ0n) is 13.6. The molecule has 7 nitrogen and oxygen atoms in total. The summed E-state index contributed by atoms with van der Waals surface area (Å²) < 4.78 is 10.3. The maximum absolute atomic E-state index is 12.3. The Bertz CT molecular complexity index is 608. The fraction of sp³-hybridized carbons (Fsp3) is 0.500. The lowest BCUT2D eigenvalue weighted by Gasteiger charge is -2.22. The number of aliphatic hydroxyl groups is 1. The Morgan fingerprint density at radius 3 is 2.92 bits per heavy atom. The van der Waals surface area contributed by atoms with Gasteiger partial charge in [0, 0.05) is 12.2 Å². The molecule has 1 aliphatic heterocycles. The van der Waals surface area contributed by atoms with E-state index in [1.54, 1.807) is 19.9 Å². The van der Waals surface area contributed by atoms with Gasteiger partial charge in [0.05, 0.1) is 42.6 Å². The number of aliphatic hydroxyl groups excluding tert-OH is 1. The van der Waals surface area contributed by atoms with Gasteiger partial charge in [-0.1, -0.05) is 11.6 Å². The Hall–Kier alpha value is -1.83. The van der Waals surface area contributed by atoms with Gasteiger partial charge in [-0.05, 0) is 32.0 Å². The van der Waals surface area contributed by atoms with Crippen LogP contribution in [0, 0.1) is 0 Å². The topological polar surface area (TPSA) is 88.1 Å². The quantitative estimate of drug-likeness (QED) is 0.810. The van der Waals surface area contributed by atoms with Crippen LogP contribution in [0.15, 0.2) is 18.2 Å². The molecular weight excluding hydrogens is 336 g/mol. The van der Waals surface area contributed by atoms with Crippen LogP contribution in [0.4, 0.5) is 10.5 Å². The number of halogens is 1. The van der Waals surface area contributed by atoms with E-state index in [-0.39, 0.29) is 35.9 Å². The third-order valence-corrected chi connectivity index (χ3v) is 3.64. The fourth-order valence-electron chi connectivity index (χ4n) is 2.22. The summed E-state index contributed by atoms with van der Waals surface area (Å²) in [4.78, 5) is 25.8. The lowest BCUT2D eigenvalue weighted by molar-refractivity contribution is 0.0378. The first kappa shape index (κ1) is 18.5. The summed E-state index contributed by atoms with van der Waals surface area (Å²) in [5, 5.41) is 12.6. The lowest BCUT2D eigenvalue weighted by Crippen LogP contribution is -2.40. The minimum atomic E-state index is -0.722. The molecule has 1 aromatic carbocycles. The molecule has 2 rings (SSSR count). The molecule has 1 aliphatic rings. The summed E-state index contributed by atoms with van der Waals surface area (Å²) in [6.07, 6.45) is -0.995. The van der Waals surface area contributed by atoms with E-state index < -0.39 is 12.1 Å². The number of rotatable bonds is 3. The summed E-state index contributed by atoms with van der Waals surface area (Å²) >= 11 is 6.03. The maximum atomic E-state index is 12.3. The number of benzene rings is 1. The highest BCUT2D eigenvalue weighted by Crippen LogP contribution is 2.22. The van der Waals surface area contributed by atoms with Gasteiger partial charge in [0.2, 0.25) is 0 Å². The number of carbonyl (C=O) groups excluding carboxylic acids is 2. The highest BCUT2D eigenvalue weighted by Gasteiger charge is 2.21. The molecule has 0 saturated carbocycles. The van der Waals surface area contributed by atoms with Crippen molar-refractivity contribution in [2.45, 2.75) is 26.1 Å². The van der Waals surface area contributed by atoms with Crippen LogP contribution >= 0.6 is 11.6 Å². The molecule has 24 heavy (non-hydrogen) atoms. The smallest absolute Gasteiger partial charge is 0.339 e. The Morgan fingerprint density at radius 1 is 1.46 bits per heavy atom. The normalized spacial score (nSPS) is 18.2. The van der Waals surface area contributed by atoms with Crippen LogP contribution in [0.1, 0.15) is 24.2 Å². The van der Waals surface area contributed by atoms with E-state index in [0.29, 0.717) is 18.8 Å². The van der Waals surface area contributed by atoms with E-state index in [1.807, 2.05) is 0 Å². The Kier molecular flexibility index (Phi) is 6.42. The van der Waals surface area contributed by atoms with E-state index >= 15 is 0 Å². The van der Waals surface area contributed by atoms with Crippen molar-refractivity contribution in [3.05, 3.63) is 28.8 Å². The van der Waals surface area contributed by atoms with Crippen molar-refractivity contribution in [3.8, 4) is 0 Å². The largest absolute Gasteiger partial charge is 0.459 e. The average molecular weight is 357 g/mol. The SMILES string of the molecule is CC(C)OC(=O)c1cc(NC(=O)N2CCOCC(O)C2)ccc1Cl. The molecule has 132 valence electrons. The van der Waals surface area contributed by atoms with Crippen LogP contribution in [0.2, 0.25) is 5.02 Å². The summed E-state index contributed by atoms with van der Waals surface area (Å²) in [7, 11) is 0. The molecule has 2 amide bonds. The first-order valence-electron chi connectivity index (χ1n) is 7.69. The molecule has 0 aromatic heterocycles. The second-order valence-corrected chi connectivity index (χ2v) is 6.16. The van der Waals surface area contributed by atoms with Gasteiger partial charge in [-0.3, -0.25) is 0 Å². The number of ether oxygens (including phenoxy) is 2. The number of hydrogen-bond donors (Lipinski definition) is 2. The molecule has 1 heterocycles. The predicted octanol–water partition coefficient (Wildman–Crippen LogP) is 2.13. The Morgan fingerprint density at radius 2 is 2.21 bits per heavy atom. The molecular formula is C16H21ClN2O5. The van der Waals surface area contributed by atoms with E-state index in [4.69, 9.17) is 21.1 Å². The lowest BCUT2D eigenvalue weighted by atomic mass is 10.2. The average Bonchev–Trinajstić information content (AvgIpc) is 2.73. The number of anilines is 1. The zero-order valence-corrected chi connectivity index (χ0v) is 14.4. The Labute approximate surface area is 145 Å². The van der Waals surface area contributed by atoms with Crippen molar-refractivity contribution in [2.24, 2.45) is 0 Å². The van der Waals surface area contributed by atoms with E-state index in [1.165, 1.54) is 17.0 Å². The summed E-state index contributed by atoms with van der Waals surface area (Å²) in [5.41, 5.74) is 0.599. The van der Waals surface area contributed by atoms with Gasteiger partial charge < -0.3 is 24.8 Å². The summed E-state index contributed by atoms with van der Waals surface area (Å²) in [6, 6.07) is 4.20. The molecule has 1 aromatic rings. The number of hydrogen-bond acceptors (Lipinski definition) is 5. The highest BCUT2D eigenvalue weighted by atomic mass is 35.5. The first-order chi connectivity index (χ1) is 11.4. The van der Waals surface area contributed by atoms with Crippen molar-refractivity contribution >= 4 is 29.3 Å². The number of amides is 2. The molecule has 1 atom stereocenters. The Balaban J connectivity index is 2.09. The monoisotopic (exact) mass is 356 g/mol. The molecule has 1 unspecified atom stereocenters. The van der Waals surface area contributed by atoms with Gasteiger partial charge >= 0.3 is 12.0 Å². The van der Waals surface area contributed by atoms with Crippen LogP contribution in [0.25, 0.3) is 0 Å². The molecule has 8 heteroatoms. The molecule has 0 aliphatic carbocycles. The minimum Gasteiger partial charge on any atom is -0.459 e. The summed E-state index contributed by atoms with van der Waals surface area (Å²) in [6.45, 7) is 4.60. The van der Waals surface area contributed by atoms with Crippen molar-refractivity contribution < 1.29 is 24.2 Å². The number of nitrogens with zero attached hydrogens (tertiary/aromatic N) is 1. The predicted molar refractivity (Wildman–Crippen MR) is 89.4 cm³/mol. The minimum absolute atomic E-state index is 0.182. The van der Waals surface area contributed by atoms with E-state index in [2.05, 4.69) is 5.32 Å². The molecule has 2 N–H and O–H groups in total. The standard InChI is InChI=1S/C16H21ClN2O5/c1-10(2)24-15(21)13-7-11(3-4-14(13)17)18-16(22)19-5-6-23-9-12(20)8-19/h3-4,7,10,12,20H,5-6,8-9H2,1-2H3,(H,18,22). The van der Waals surface area contributed by atoms with Gasteiger partial charge in [0.15, 0.2) is 0 Å². The van der Waals surface area contributed by atoms with Crippen LogP contribution < -0.4 is 5.32 Å². The van der Waals surface area contributed by atoms with Gasteiger partial charge in [-0.25, -0.2) is 9.59 Å². The number of nitrogens with one attached hydrogen (secondary N) is 1. The summed E-state index contributed by atoms with van der Waals surface area (Å²) in [5.74, 6) is -0.551. The molecule has 0 bridgehead atoms. The third kappa shape index (κ3) is 5.09. The van der Waals surface area contributed by atoms with Crippen LogP contribution in [-0.4, -0.2) is 60.5 Å².